The second-order valence-corrected chi connectivity index (χ2v) is 6.77. The Bertz CT molecular complexity index is 1220. The average Bonchev–Trinajstić information content (AvgIpc) is 3.07. The standard InChI is InChI=1S/C16H10BrClN6O2/c17-9-5-10-12(1-3-19-15(10)11(18)6-9)22-14(25)7-23-16(26)13-2-4-20-24(13)8-21-23/h1-6,8H,7H2,(H,19,22,25). The maximum atomic E-state index is 12.4. The fourth-order valence-corrected chi connectivity index (χ4v) is 3.46. The molecule has 0 bridgehead atoms. The molecule has 0 unspecified atom stereocenters. The van der Waals surface area contributed by atoms with Crippen LogP contribution in [-0.2, 0) is 11.3 Å². The summed E-state index contributed by atoms with van der Waals surface area (Å²) in [5, 5.41) is 11.8. The van der Waals surface area contributed by atoms with Gasteiger partial charge in [-0.15, -0.1) is 0 Å². The molecule has 4 aromatic rings. The van der Waals surface area contributed by atoms with Gasteiger partial charge in [0.05, 0.1) is 22.4 Å². The highest BCUT2D eigenvalue weighted by atomic mass is 79.9. The number of benzene rings is 1. The first-order valence-corrected chi connectivity index (χ1v) is 8.63. The lowest BCUT2D eigenvalue weighted by molar-refractivity contribution is -0.117. The molecule has 1 aromatic carbocycles. The number of amides is 1. The van der Waals surface area contributed by atoms with Gasteiger partial charge in [0.2, 0.25) is 5.91 Å². The molecule has 0 radical (unpaired) electrons. The number of aromatic nitrogens is 5. The molecule has 1 amide bonds. The molecule has 0 aliphatic rings. The summed E-state index contributed by atoms with van der Waals surface area (Å²) < 4.78 is 3.20. The molecule has 0 aliphatic heterocycles. The molecule has 26 heavy (non-hydrogen) atoms. The zero-order valence-electron chi connectivity index (χ0n) is 13.1. The van der Waals surface area contributed by atoms with Crippen molar-refractivity contribution in [3.8, 4) is 0 Å². The third-order valence-corrected chi connectivity index (χ3v) is 4.50. The molecule has 0 saturated heterocycles. The van der Waals surface area contributed by atoms with Gasteiger partial charge in [-0.05, 0) is 24.3 Å². The predicted octanol–water partition coefficient (Wildman–Crippen LogP) is 2.49. The van der Waals surface area contributed by atoms with Gasteiger partial charge in [0.25, 0.3) is 5.56 Å². The topological polar surface area (TPSA) is 94.2 Å². The summed E-state index contributed by atoms with van der Waals surface area (Å²) in [6.07, 6.45) is 4.43. The van der Waals surface area contributed by atoms with Crippen molar-refractivity contribution in [2.75, 3.05) is 5.32 Å². The minimum atomic E-state index is -0.398. The van der Waals surface area contributed by atoms with E-state index in [0.717, 1.165) is 9.15 Å². The number of carbonyl (C=O) groups is 1. The zero-order chi connectivity index (χ0) is 18.3. The first-order chi connectivity index (χ1) is 12.5. The van der Waals surface area contributed by atoms with Gasteiger partial charge in [0.15, 0.2) is 0 Å². The van der Waals surface area contributed by atoms with Crippen LogP contribution >= 0.6 is 27.5 Å². The maximum absolute atomic E-state index is 12.4. The lowest BCUT2D eigenvalue weighted by Gasteiger charge is -2.10. The number of rotatable bonds is 3. The average molecular weight is 434 g/mol. The second kappa shape index (κ2) is 6.50. The predicted molar refractivity (Wildman–Crippen MR) is 100 cm³/mol. The molecule has 10 heteroatoms. The Morgan fingerprint density at radius 1 is 1.23 bits per heavy atom. The number of fused-ring (bicyclic) bond motifs is 2. The van der Waals surface area contributed by atoms with Gasteiger partial charge in [0.1, 0.15) is 18.4 Å². The SMILES string of the molecule is O=C(Cn1ncn2nccc2c1=O)Nc1ccnc2c(Cl)cc(Br)cc12. The number of pyridine rings is 1. The van der Waals surface area contributed by atoms with Crippen molar-refractivity contribution < 1.29 is 4.79 Å². The molecule has 0 aliphatic carbocycles. The molecule has 8 nitrogen and oxygen atoms in total. The van der Waals surface area contributed by atoms with Crippen molar-refractivity contribution in [1.82, 2.24) is 24.4 Å². The van der Waals surface area contributed by atoms with Crippen LogP contribution in [0.1, 0.15) is 0 Å². The van der Waals surface area contributed by atoms with Gasteiger partial charge in [0, 0.05) is 16.1 Å². The molecule has 1 N–H and O–H groups in total. The van der Waals surface area contributed by atoms with E-state index in [0.29, 0.717) is 27.1 Å². The van der Waals surface area contributed by atoms with Crippen LogP contribution in [0.4, 0.5) is 5.69 Å². The van der Waals surface area contributed by atoms with Gasteiger partial charge >= 0.3 is 0 Å². The molecule has 4 rings (SSSR count). The Kier molecular flexibility index (Phi) is 4.17. The maximum Gasteiger partial charge on any atom is 0.293 e. The van der Waals surface area contributed by atoms with Crippen LogP contribution in [0.25, 0.3) is 16.4 Å². The summed E-state index contributed by atoms with van der Waals surface area (Å²) in [4.78, 5) is 29.0. The fraction of sp³-hybridized carbons (Fsp3) is 0.0625. The lowest BCUT2D eigenvalue weighted by Crippen LogP contribution is -2.30. The van der Waals surface area contributed by atoms with Crippen LogP contribution in [0.5, 0.6) is 0 Å². The molecule has 0 atom stereocenters. The Hall–Kier alpha value is -2.78. The number of hydrogen-bond donors (Lipinski definition) is 1. The molecule has 130 valence electrons. The molecule has 0 saturated carbocycles. The largest absolute Gasteiger partial charge is 0.324 e. The van der Waals surface area contributed by atoms with Crippen LogP contribution in [0.3, 0.4) is 0 Å². The van der Waals surface area contributed by atoms with E-state index >= 15 is 0 Å². The molecule has 0 fully saturated rings. The Morgan fingerprint density at radius 2 is 2.08 bits per heavy atom. The summed E-state index contributed by atoms with van der Waals surface area (Å²) in [5.41, 5.74) is 1.06. The lowest BCUT2D eigenvalue weighted by atomic mass is 10.2. The number of halogens is 2. The van der Waals surface area contributed by atoms with E-state index in [1.54, 1.807) is 24.4 Å². The van der Waals surface area contributed by atoms with Gasteiger partial charge < -0.3 is 5.32 Å². The molecular formula is C16H10BrClN6O2. The highest BCUT2D eigenvalue weighted by Crippen LogP contribution is 2.31. The highest BCUT2D eigenvalue weighted by Gasteiger charge is 2.12. The number of nitrogens with one attached hydrogen (secondary N) is 1. The van der Waals surface area contributed by atoms with Gasteiger partial charge in [-0.2, -0.15) is 10.2 Å². The van der Waals surface area contributed by atoms with Gasteiger partial charge in [-0.25, -0.2) is 9.20 Å². The third kappa shape index (κ3) is 2.95. The summed E-state index contributed by atoms with van der Waals surface area (Å²) in [7, 11) is 0. The Labute approximate surface area is 159 Å². The van der Waals surface area contributed by atoms with E-state index in [4.69, 9.17) is 11.6 Å². The number of carbonyl (C=O) groups excluding carboxylic acids is 1. The Balaban J connectivity index is 1.65. The molecular weight excluding hydrogens is 424 g/mol. The molecule has 3 heterocycles. The first-order valence-electron chi connectivity index (χ1n) is 7.46. The van der Waals surface area contributed by atoms with Crippen molar-refractivity contribution in [1.29, 1.82) is 0 Å². The van der Waals surface area contributed by atoms with Gasteiger partial charge in [-0.1, -0.05) is 27.5 Å². The van der Waals surface area contributed by atoms with E-state index in [2.05, 4.69) is 36.4 Å². The first kappa shape index (κ1) is 16.7. The molecule has 0 spiro atoms. The highest BCUT2D eigenvalue weighted by molar-refractivity contribution is 9.10. The normalized spacial score (nSPS) is 11.2. The number of hydrogen-bond acceptors (Lipinski definition) is 5. The van der Waals surface area contributed by atoms with Crippen molar-refractivity contribution >= 4 is 55.5 Å². The van der Waals surface area contributed by atoms with E-state index < -0.39 is 11.5 Å². The second-order valence-electron chi connectivity index (χ2n) is 5.45. The van der Waals surface area contributed by atoms with Crippen LogP contribution in [0.2, 0.25) is 5.02 Å². The quantitative estimate of drug-likeness (QED) is 0.536. The van der Waals surface area contributed by atoms with Crippen LogP contribution < -0.4 is 10.9 Å². The fourth-order valence-electron chi connectivity index (χ4n) is 2.60. The van der Waals surface area contributed by atoms with E-state index in [1.807, 2.05) is 6.07 Å². The van der Waals surface area contributed by atoms with Crippen molar-refractivity contribution in [2.45, 2.75) is 6.54 Å². The van der Waals surface area contributed by atoms with E-state index in [-0.39, 0.29) is 6.54 Å². The van der Waals surface area contributed by atoms with E-state index in [9.17, 15) is 9.59 Å². The minimum absolute atomic E-state index is 0.230. The van der Waals surface area contributed by atoms with Gasteiger partial charge in [-0.3, -0.25) is 14.6 Å². The van der Waals surface area contributed by atoms with Crippen molar-refractivity contribution in [3.63, 3.8) is 0 Å². The monoisotopic (exact) mass is 432 g/mol. The summed E-state index contributed by atoms with van der Waals surface area (Å²) in [6, 6.07) is 6.77. The van der Waals surface area contributed by atoms with Crippen LogP contribution in [0.15, 0.2) is 52.3 Å². The van der Waals surface area contributed by atoms with Crippen LogP contribution in [0, 0.1) is 0 Å². The van der Waals surface area contributed by atoms with Crippen LogP contribution in [-0.4, -0.2) is 30.3 Å². The zero-order valence-corrected chi connectivity index (χ0v) is 15.4. The molecule has 3 aromatic heterocycles. The van der Waals surface area contributed by atoms with Crippen molar-refractivity contribution in [2.24, 2.45) is 0 Å². The minimum Gasteiger partial charge on any atom is -0.324 e. The summed E-state index contributed by atoms with van der Waals surface area (Å²) in [6.45, 7) is -0.230. The smallest absolute Gasteiger partial charge is 0.293 e. The summed E-state index contributed by atoms with van der Waals surface area (Å²) >= 11 is 9.57. The number of nitrogens with zero attached hydrogens (tertiary/aromatic N) is 5. The van der Waals surface area contributed by atoms with E-state index in [1.165, 1.54) is 17.0 Å². The van der Waals surface area contributed by atoms with Crippen molar-refractivity contribution in [3.05, 3.63) is 62.8 Å². The Morgan fingerprint density at radius 3 is 2.92 bits per heavy atom. The summed E-state index contributed by atoms with van der Waals surface area (Å²) in [5.74, 6) is -0.396. The number of anilines is 1. The third-order valence-electron chi connectivity index (χ3n) is 3.75.